The molecule has 0 heterocycles. The summed E-state index contributed by atoms with van der Waals surface area (Å²) in [6.45, 7) is 0.711. The summed E-state index contributed by atoms with van der Waals surface area (Å²) in [7, 11) is 0. The highest BCUT2D eigenvalue weighted by Gasteiger charge is 2.00. The normalized spacial score (nSPS) is 9.17. The zero-order chi connectivity index (χ0) is 16.3. The Kier molecular flexibility index (Phi) is 6.32. The lowest BCUT2D eigenvalue weighted by molar-refractivity contribution is 0.140. The average Bonchev–Trinajstić information content (AvgIpc) is 2.61. The van der Waals surface area contributed by atoms with Crippen LogP contribution in [0.5, 0.6) is 0 Å². The van der Waals surface area contributed by atoms with Crippen molar-refractivity contribution in [3.63, 3.8) is 0 Å². The highest BCUT2D eigenvalue weighted by Crippen LogP contribution is 2.02. The largest absolute Gasteiger partial charge is 0.445 e. The van der Waals surface area contributed by atoms with Crippen molar-refractivity contribution in [3.8, 4) is 24.2 Å². The van der Waals surface area contributed by atoms with E-state index in [4.69, 9.17) is 11.2 Å². The van der Waals surface area contributed by atoms with Gasteiger partial charge in [-0.1, -0.05) is 48.1 Å². The molecular weight excluding hydrogens is 286 g/mol. The van der Waals surface area contributed by atoms with Gasteiger partial charge in [-0.3, -0.25) is 0 Å². The monoisotopic (exact) mass is 303 g/mol. The first-order valence-corrected chi connectivity index (χ1v) is 7.28. The predicted molar refractivity (Wildman–Crippen MR) is 90.5 cm³/mol. The zero-order valence-corrected chi connectivity index (χ0v) is 12.7. The van der Waals surface area contributed by atoms with Crippen LogP contribution < -0.4 is 5.32 Å². The summed E-state index contributed by atoms with van der Waals surface area (Å²) >= 11 is 0. The van der Waals surface area contributed by atoms with Crippen LogP contribution >= 0.6 is 0 Å². The predicted octanol–water partition coefficient (Wildman–Crippen LogP) is 3.34. The molecule has 0 radical (unpaired) electrons. The molecule has 114 valence electrons. The zero-order valence-electron chi connectivity index (χ0n) is 12.7. The van der Waals surface area contributed by atoms with Gasteiger partial charge in [0, 0.05) is 24.1 Å². The van der Waals surface area contributed by atoms with Crippen molar-refractivity contribution in [3.05, 3.63) is 71.3 Å². The van der Waals surface area contributed by atoms with Gasteiger partial charge in [-0.2, -0.15) is 0 Å². The number of nitrogens with one attached hydrogen (secondary N) is 1. The van der Waals surface area contributed by atoms with Gasteiger partial charge in [0.05, 0.1) is 0 Å². The number of carbonyl (C=O) groups excluding carboxylic acids is 1. The van der Waals surface area contributed by atoms with Crippen LogP contribution in [0.2, 0.25) is 0 Å². The first kappa shape index (κ1) is 16.2. The molecule has 0 aliphatic carbocycles. The summed E-state index contributed by atoms with van der Waals surface area (Å²) in [5, 5.41) is 2.67. The van der Waals surface area contributed by atoms with Crippen molar-refractivity contribution >= 4 is 6.09 Å². The summed E-state index contributed by atoms with van der Waals surface area (Å²) in [4.78, 5) is 11.5. The minimum atomic E-state index is -0.436. The Bertz CT molecular complexity index is 731. The third-order valence-electron chi connectivity index (χ3n) is 3.02. The van der Waals surface area contributed by atoms with Crippen molar-refractivity contribution in [1.82, 2.24) is 5.32 Å². The molecule has 0 saturated carbocycles. The first-order valence-electron chi connectivity index (χ1n) is 7.28. The summed E-state index contributed by atoms with van der Waals surface area (Å²) in [5.41, 5.74) is 2.69. The topological polar surface area (TPSA) is 38.3 Å². The molecule has 0 aliphatic heterocycles. The van der Waals surface area contributed by atoms with Crippen LogP contribution in [0.15, 0.2) is 54.6 Å². The molecule has 3 heteroatoms. The van der Waals surface area contributed by atoms with Crippen LogP contribution in [0.1, 0.15) is 23.1 Å². The van der Waals surface area contributed by atoms with Gasteiger partial charge in [0.15, 0.2) is 0 Å². The number of benzene rings is 2. The second kappa shape index (κ2) is 8.97. The summed E-state index contributed by atoms with van der Waals surface area (Å²) in [5.74, 6) is 8.57. The molecule has 2 rings (SSSR count). The molecule has 0 fully saturated rings. The Hall–Kier alpha value is -3.17. The third-order valence-corrected chi connectivity index (χ3v) is 3.02. The maximum atomic E-state index is 11.5. The Morgan fingerprint density at radius 3 is 2.43 bits per heavy atom. The number of hydrogen-bond acceptors (Lipinski definition) is 2. The molecule has 2 aromatic rings. The molecule has 0 aliphatic rings. The lowest BCUT2D eigenvalue weighted by Crippen LogP contribution is -2.24. The quantitative estimate of drug-likeness (QED) is 0.695. The van der Waals surface area contributed by atoms with E-state index in [-0.39, 0.29) is 6.61 Å². The van der Waals surface area contributed by atoms with Crippen LogP contribution in [0.3, 0.4) is 0 Å². The van der Waals surface area contributed by atoms with Crippen molar-refractivity contribution < 1.29 is 9.53 Å². The Balaban J connectivity index is 1.66. The fourth-order valence-corrected chi connectivity index (χ4v) is 1.82. The van der Waals surface area contributed by atoms with Crippen molar-refractivity contribution in [1.29, 1.82) is 0 Å². The molecule has 1 amide bonds. The van der Waals surface area contributed by atoms with E-state index in [0.717, 1.165) is 16.7 Å². The molecule has 0 atom stereocenters. The fraction of sp³-hybridized carbons (Fsp3) is 0.150. The second-order valence-corrected chi connectivity index (χ2v) is 4.76. The number of alkyl carbamates (subject to hydrolysis) is 1. The maximum absolute atomic E-state index is 11.5. The molecule has 2 aromatic carbocycles. The van der Waals surface area contributed by atoms with Gasteiger partial charge in [0.1, 0.15) is 6.61 Å². The standard InChI is InChI=1S/C20H17NO2/c1-2-17-11-13-18(14-12-17)8-6-7-15-21-20(22)23-16-19-9-4-3-5-10-19/h1,3-5,9-14H,7,15-16H2,(H,21,22). The maximum Gasteiger partial charge on any atom is 0.407 e. The highest BCUT2D eigenvalue weighted by atomic mass is 16.5. The van der Waals surface area contributed by atoms with E-state index in [0.29, 0.717) is 13.0 Å². The van der Waals surface area contributed by atoms with Gasteiger partial charge in [0.25, 0.3) is 0 Å². The number of amides is 1. The summed E-state index contributed by atoms with van der Waals surface area (Å²) in [6, 6.07) is 17.0. The van der Waals surface area contributed by atoms with Gasteiger partial charge in [-0.15, -0.1) is 6.42 Å². The first-order chi connectivity index (χ1) is 11.3. The molecule has 1 N–H and O–H groups in total. The third kappa shape index (κ3) is 5.99. The smallest absolute Gasteiger partial charge is 0.407 e. The second-order valence-electron chi connectivity index (χ2n) is 4.76. The number of ether oxygens (including phenoxy) is 1. The van der Waals surface area contributed by atoms with Crippen LogP contribution in [0.4, 0.5) is 4.79 Å². The van der Waals surface area contributed by atoms with E-state index in [9.17, 15) is 4.79 Å². The Morgan fingerprint density at radius 1 is 1.04 bits per heavy atom. The molecule has 0 saturated heterocycles. The van der Waals surface area contributed by atoms with Gasteiger partial charge in [0.2, 0.25) is 0 Å². The molecule has 0 bridgehead atoms. The van der Waals surface area contributed by atoms with E-state index in [1.54, 1.807) is 0 Å². The minimum Gasteiger partial charge on any atom is -0.445 e. The number of hydrogen-bond donors (Lipinski definition) is 1. The number of rotatable bonds is 4. The SMILES string of the molecule is C#Cc1ccc(C#CCCNC(=O)OCc2ccccc2)cc1. The van der Waals surface area contributed by atoms with Crippen LogP contribution in [-0.2, 0) is 11.3 Å². The van der Waals surface area contributed by atoms with Gasteiger partial charge in [-0.05, 0) is 29.8 Å². The van der Waals surface area contributed by atoms with Crippen molar-refractivity contribution in [2.24, 2.45) is 0 Å². The van der Waals surface area contributed by atoms with E-state index in [1.165, 1.54) is 0 Å². The fourth-order valence-electron chi connectivity index (χ4n) is 1.82. The molecular formula is C20H17NO2. The van der Waals surface area contributed by atoms with Crippen LogP contribution in [0.25, 0.3) is 0 Å². The molecule has 0 unspecified atom stereocenters. The Morgan fingerprint density at radius 2 is 1.74 bits per heavy atom. The Labute approximate surface area is 136 Å². The highest BCUT2D eigenvalue weighted by molar-refractivity contribution is 5.67. The molecule has 3 nitrogen and oxygen atoms in total. The van der Waals surface area contributed by atoms with Gasteiger partial charge in [-0.25, -0.2) is 4.79 Å². The lowest BCUT2D eigenvalue weighted by atomic mass is 10.1. The molecule has 0 spiro atoms. The van der Waals surface area contributed by atoms with E-state index >= 15 is 0 Å². The van der Waals surface area contributed by atoms with Crippen LogP contribution in [0, 0.1) is 24.2 Å². The average molecular weight is 303 g/mol. The number of carbonyl (C=O) groups is 1. The lowest BCUT2D eigenvalue weighted by Gasteiger charge is -2.05. The number of terminal acetylenes is 1. The van der Waals surface area contributed by atoms with Gasteiger partial charge < -0.3 is 10.1 Å². The van der Waals surface area contributed by atoms with E-state index in [1.807, 2.05) is 54.6 Å². The van der Waals surface area contributed by atoms with Crippen molar-refractivity contribution in [2.75, 3.05) is 6.54 Å². The molecule has 0 aromatic heterocycles. The summed E-state index contributed by atoms with van der Waals surface area (Å²) in [6.07, 6.45) is 5.41. The van der Waals surface area contributed by atoms with E-state index < -0.39 is 6.09 Å². The summed E-state index contributed by atoms with van der Waals surface area (Å²) < 4.78 is 5.10. The van der Waals surface area contributed by atoms with Crippen molar-refractivity contribution in [2.45, 2.75) is 13.0 Å². The van der Waals surface area contributed by atoms with E-state index in [2.05, 4.69) is 23.1 Å². The minimum absolute atomic E-state index is 0.264. The van der Waals surface area contributed by atoms with Crippen LogP contribution in [-0.4, -0.2) is 12.6 Å². The molecule has 23 heavy (non-hydrogen) atoms. The van der Waals surface area contributed by atoms with Gasteiger partial charge >= 0.3 is 6.09 Å².